The number of nitrogens with zero attached hydrogens (tertiary/aromatic N) is 2. The van der Waals surface area contributed by atoms with Gasteiger partial charge in [-0.25, -0.2) is 4.79 Å². The Bertz CT molecular complexity index is 587. The lowest BCUT2D eigenvalue weighted by Gasteiger charge is -2.19. The second kappa shape index (κ2) is 6.86. The molecule has 2 aliphatic heterocycles. The van der Waals surface area contributed by atoms with Crippen molar-refractivity contribution in [2.24, 2.45) is 0 Å². The number of ether oxygens (including phenoxy) is 1. The number of β-amino-alcohol motifs (C(OH)–C–C–N with tert-alkyl or cyclic N) is 1. The molecule has 7 heteroatoms. The zero-order chi connectivity index (χ0) is 16.4. The van der Waals surface area contributed by atoms with Crippen molar-refractivity contribution in [3.63, 3.8) is 0 Å². The molecule has 0 saturated carbocycles. The zero-order valence-electron chi connectivity index (χ0n) is 12.7. The third-order valence-electron chi connectivity index (χ3n) is 4.20. The number of amides is 3. The van der Waals surface area contributed by atoms with Crippen LogP contribution < -0.4 is 0 Å². The normalized spacial score (nSPS) is 21.9. The van der Waals surface area contributed by atoms with Gasteiger partial charge < -0.3 is 14.7 Å². The molecule has 1 N–H and O–H groups in total. The number of urea groups is 1. The lowest BCUT2D eigenvalue weighted by molar-refractivity contribution is -0.129. The summed E-state index contributed by atoms with van der Waals surface area (Å²) in [5, 5.41) is 10.6. The van der Waals surface area contributed by atoms with Gasteiger partial charge in [-0.3, -0.25) is 9.69 Å². The van der Waals surface area contributed by atoms with E-state index >= 15 is 0 Å². The molecule has 6 nitrogen and oxygen atoms in total. The molecule has 3 rings (SSSR count). The topological polar surface area (TPSA) is 70.1 Å². The van der Waals surface area contributed by atoms with Gasteiger partial charge in [-0.1, -0.05) is 29.8 Å². The van der Waals surface area contributed by atoms with E-state index in [0.29, 0.717) is 18.0 Å². The van der Waals surface area contributed by atoms with E-state index in [2.05, 4.69) is 0 Å². The van der Waals surface area contributed by atoms with Gasteiger partial charge in [0, 0.05) is 11.6 Å². The number of hydrogen-bond acceptors (Lipinski definition) is 4. The van der Waals surface area contributed by atoms with Crippen molar-refractivity contribution in [1.82, 2.24) is 9.80 Å². The monoisotopic (exact) mass is 338 g/mol. The van der Waals surface area contributed by atoms with Crippen molar-refractivity contribution in [1.29, 1.82) is 0 Å². The quantitative estimate of drug-likeness (QED) is 0.801. The number of carbonyl (C=O) groups is 2. The number of fused-ring (bicyclic) bond motifs is 1. The van der Waals surface area contributed by atoms with Gasteiger partial charge in [0.15, 0.2) is 0 Å². The van der Waals surface area contributed by atoms with Crippen LogP contribution in [0.4, 0.5) is 4.79 Å². The first kappa shape index (κ1) is 16.2. The van der Waals surface area contributed by atoms with Gasteiger partial charge in [0.1, 0.15) is 6.04 Å². The molecule has 1 aromatic carbocycles. The number of halogens is 1. The Hall–Kier alpha value is -1.63. The lowest BCUT2D eigenvalue weighted by atomic mass is 10.2. The number of imide groups is 1. The van der Waals surface area contributed by atoms with E-state index in [1.54, 1.807) is 11.0 Å². The molecule has 3 amide bonds. The van der Waals surface area contributed by atoms with E-state index in [9.17, 15) is 14.7 Å². The van der Waals surface area contributed by atoms with Crippen molar-refractivity contribution >= 4 is 23.5 Å². The number of rotatable bonds is 6. The zero-order valence-corrected chi connectivity index (χ0v) is 13.4. The first-order valence-corrected chi connectivity index (χ1v) is 8.07. The van der Waals surface area contributed by atoms with Crippen LogP contribution in [0.3, 0.4) is 0 Å². The summed E-state index contributed by atoms with van der Waals surface area (Å²) in [6.45, 7) is 0.887. The van der Waals surface area contributed by atoms with E-state index in [-0.39, 0.29) is 37.7 Å². The van der Waals surface area contributed by atoms with Crippen LogP contribution in [0.2, 0.25) is 5.02 Å². The molecule has 124 valence electrons. The third kappa shape index (κ3) is 3.34. The van der Waals surface area contributed by atoms with Gasteiger partial charge in [0.25, 0.3) is 5.91 Å². The molecular weight excluding hydrogens is 320 g/mol. The molecule has 2 saturated heterocycles. The SMILES string of the molecule is O=C1[C@H]2CCCN2C(=O)N1C[C@H](O)COCc1ccccc1Cl. The minimum absolute atomic E-state index is 0.0345. The first-order chi connectivity index (χ1) is 11.1. The number of carbonyl (C=O) groups excluding carboxylic acids is 2. The van der Waals surface area contributed by atoms with Crippen LogP contribution in [0.1, 0.15) is 18.4 Å². The maximum atomic E-state index is 12.2. The third-order valence-corrected chi connectivity index (χ3v) is 4.57. The molecule has 2 aliphatic rings. The van der Waals surface area contributed by atoms with Crippen LogP contribution in [0.15, 0.2) is 24.3 Å². The predicted molar refractivity (Wildman–Crippen MR) is 84.0 cm³/mol. The molecule has 23 heavy (non-hydrogen) atoms. The fourth-order valence-corrected chi connectivity index (χ4v) is 3.22. The Labute approximate surface area is 139 Å². The molecule has 2 atom stereocenters. The number of benzene rings is 1. The molecule has 0 radical (unpaired) electrons. The molecule has 0 aromatic heterocycles. The highest BCUT2D eigenvalue weighted by Crippen LogP contribution is 2.27. The summed E-state index contributed by atoms with van der Waals surface area (Å²) in [5.41, 5.74) is 0.829. The highest BCUT2D eigenvalue weighted by molar-refractivity contribution is 6.31. The molecule has 0 aliphatic carbocycles. The van der Waals surface area contributed by atoms with Crippen LogP contribution >= 0.6 is 11.6 Å². The summed E-state index contributed by atoms with van der Waals surface area (Å²) < 4.78 is 5.44. The van der Waals surface area contributed by atoms with Crippen molar-refractivity contribution in [2.75, 3.05) is 19.7 Å². The van der Waals surface area contributed by atoms with Crippen LogP contribution in [-0.4, -0.2) is 58.7 Å². The summed E-state index contributed by atoms with van der Waals surface area (Å²) in [5.74, 6) is -0.211. The van der Waals surface area contributed by atoms with Gasteiger partial charge in [-0.15, -0.1) is 0 Å². The minimum Gasteiger partial charge on any atom is -0.389 e. The Kier molecular flexibility index (Phi) is 4.84. The van der Waals surface area contributed by atoms with Gasteiger partial charge in [-0.05, 0) is 24.5 Å². The van der Waals surface area contributed by atoms with Crippen molar-refractivity contribution in [2.45, 2.75) is 31.6 Å². The first-order valence-electron chi connectivity index (χ1n) is 7.69. The minimum atomic E-state index is -0.912. The summed E-state index contributed by atoms with van der Waals surface area (Å²) in [6.07, 6.45) is 0.657. The summed E-state index contributed by atoms with van der Waals surface area (Å²) >= 11 is 6.02. The standard InChI is InChI=1S/C16H19ClN2O4/c17-13-5-2-1-4-11(13)9-23-10-12(20)8-19-15(21)14-6-3-7-18(14)16(19)22/h1-2,4-5,12,14,20H,3,6-10H2/t12-,14+/m0/s1. The fraction of sp³-hybridized carbons (Fsp3) is 0.500. The van der Waals surface area contributed by atoms with E-state index < -0.39 is 6.10 Å². The molecule has 2 heterocycles. The second-order valence-corrected chi connectivity index (χ2v) is 6.25. The summed E-state index contributed by atoms with van der Waals surface area (Å²) in [6, 6.07) is 6.66. The Morgan fingerprint density at radius 3 is 2.87 bits per heavy atom. The molecule has 0 spiro atoms. The summed E-state index contributed by atoms with van der Waals surface area (Å²) in [4.78, 5) is 27.0. The van der Waals surface area contributed by atoms with Gasteiger partial charge in [0.2, 0.25) is 0 Å². The van der Waals surface area contributed by atoms with Crippen molar-refractivity contribution in [3.8, 4) is 0 Å². The molecule has 2 fully saturated rings. The van der Waals surface area contributed by atoms with E-state index in [0.717, 1.165) is 16.9 Å². The fourth-order valence-electron chi connectivity index (χ4n) is 3.03. The van der Waals surface area contributed by atoms with Gasteiger partial charge in [-0.2, -0.15) is 0 Å². The van der Waals surface area contributed by atoms with Gasteiger partial charge in [0.05, 0.1) is 25.9 Å². The molecular formula is C16H19ClN2O4. The second-order valence-electron chi connectivity index (χ2n) is 5.84. The Morgan fingerprint density at radius 1 is 1.35 bits per heavy atom. The molecule has 1 aromatic rings. The summed E-state index contributed by atoms with van der Waals surface area (Å²) in [7, 11) is 0. The number of aliphatic hydroxyl groups is 1. The Balaban J connectivity index is 1.48. The van der Waals surface area contributed by atoms with Crippen LogP contribution in [-0.2, 0) is 16.1 Å². The van der Waals surface area contributed by atoms with Crippen LogP contribution in [0, 0.1) is 0 Å². The van der Waals surface area contributed by atoms with Crippen molar-refractivity contribution in [3.05, 3.63) is 34.9 Å². The number of aliphatic hydroxyl groups excluding tert-OH is 1. The van der Waals surface area contributed by atoms with Crippen molar-refractivity contribution < 1.29 is 19.4 Å². The molecule has 0 bridgehead atoms. The maximum Gasteiger partial charge on any atom is 0.327 e. The lowest BCUT2D eigenvalue weighted by Crippen LogP contribution is -2.40. The van der Waals surface area contributed by atoms with E-state index in [1.807, 2.05) is 18.2 Å². The highest BCUT2D eigenvalue weighted by atomic mass is 35.5. The average molecular weight is 339 g/mol. The Morgan fingerprint density at radius 2 is 2.13 bits per heavy atom. The average Bonchev–Trinajstić information content (AvgIpc) is 3.09. The predicted octanol–water partition coefficient (Wildman–Crippen LogP) is 1.64. The van der Waals surface area contributed by atoms with Crippen LogP contribution in [0.5, 0.6) is 0 Å². The maximum absolute atomic E-state index is 12.2. The largest absolute Gasteiger partial charge is 0.389 e. The smallest absolute Gasteiger partial charge is 0.327 e. The molecule has 0 unspecified atom stereocenters. The number of hydrogen-bond donors (Lipinski definition) is 1. The van der Waals surface area contributed by atoms with E-state index in [4.69, 9.17) is 16.3 Å². The van der Waals surface area contributed by atoms with Gasteiger partial charge >= 0.3 is 6.03 Å². The van der Waals surface area contributed by atoms with E-state index in [1.165, 1.54) is 0 Å². The van der Waals surface area contributed by atoms with Crippen LogP contribution in [0.25, 0.3) is 0 Å². The highest BCUT2D eigenvalue weighted by Gasteiger charge is 2.47.